The Morgan fingerprint density at radius 1 is 1.11 bits per heavy atom. The van der Waals surface area contributed by atoms with Crippen LogP contribution in [0.5, 0.6) is 0 Å². The van der Waals surface area contributed by atoms with E-state index in [0.29, 0.717) is 25.3 Å². The Balaban J connectivity index is 1.98. The second kappa shape index (κ2) is 10.8. The fraction of sp³-hybridized carbons (Fsp3) is 0.682. The average molecular weight is 409 g/mol. The molecule has 6 heteroatoms. The summed E-state index contributed by atoms with van der Waals surface area (Å²) in [5, 5.41) is 3.04. The van der Waals surface area contributed by atoms with E-state index in [2.05, 4.69) is 5.32 Å². The molecule has 1 aliphatic carbocycles. The van der Waals surface area contributed by atoms with Gasteiger partial charge in [-0.1, -0.05) is 51.3 Å². The Morgan fingerprint density at radius 2 is 1.71 bits per heavy atom. The van der Waals surface area contributed by atoms with Crippen LogP contribution >= 0.6 is 0 Å². The minimum absolute atomic E-state index is 0.0264. The van der Waals surface area contributed by atoms with Gasteiger partial charge in [-0.05, 0) is 49.1 Å². The van der Waals surface area contributed by atoms with Gasteiger partial charge in [0, 0.05) is 19.5 Å². The van der Waals surface area contributed by atoms with Crippen LogP contribution in [0.3, 0.4) is 0 Å². The summed E-state index contributed by atoms with van der Waals surface area (Å²) < 4.78 is 26.5. The van der Waals surface area contributed by atoms with Crippen LogP contribution in [-0.2, 0) is 27.7 Å². The van der Waals surface area contributed by atoms with Gasteiger partial charge in [0.25, 0.3) is 0 Å². The molecule has 1 aromatic rings. The molecule has 2 rings (SSSR count). The molecular weight excluding hydrogens is 372 g/mol. The van der Waals surface area contributed by atoms with Crippen molar-refractivity contribution in [2.45, 2.75) is 71.6 Å². The Hall–Kier alpha value is -1.56. The number of hydrogen-bond donors (Lipinski definition) is 1. The molecule has 1 N–H and O–H groups in total. The molecule has 0 unspecified atom stereocenters. The fourth-order valence-corrected chi connectivity index (χ4v) is 5.13. The number of sulfonamides is 1. The van der Waals surface area contributed by atoms with Crippen molar-refractivity contribution in [1.29, 1.82) is 0 Å². The van der Waals surface area contributed by atoms with Gasteiger partial charge in [-0.15, -0.1) is 0 Å². The zero-order chi connectivity index (χ0) is 20.6. The van der Waals surface area contributed by atoms with Gasteiger partial charge in [0.1, 0.15) is 0 Å². The minimum atomic E-state index is -3.41. The van der Waals surface area contributed by atoms with E-state index in [4.69, 9.17) is 0 Å². The van der Waals surface area contributed by atoms with E-state index in [9.17, 15) is 13.2 Å². The number of nitrogens with zero attached hydrogens (tertiary/aromatic N) is 1. The maximum atomic E-state index is 12.5. The highest BCUT2D eigenvalue weighted by molar-refractivity contribution is 7.92. The molecule has 5 nitrogen and oxygen atoms in total. The van der Waals surface area contributed by atoms with Crippen molar-refractivity contribution in [2.75, 3.05) is 23.7 Å². The molecule has 1 aliphatic rings. The summed E-state index contributed by atoms with van der Waals surface area (Å²) in [7, 11) is -3.41. The highest BCUT2D eigenvalue weighted by Crippen LogP contribution is 2.29. The quantitative estimate of drug-likeness (QED) is 0.635. The number of para-hydroxylation sites is 1. The van der Waals surface area contributed by atoms with E-state index in [1.165, 1.54) is 42.7 Å². The number of benzene rings is 1. The van der Waals surface area contributed by atoms with Crippen LogP contribution in [0.25, 0.3) is 0 Å². The molecule has 1 amide bonds. The monoisotopic (exact) mass is 408 g/mol. The lowest BCUT2D eigenvalue weighted by molar-refractivity contribution is -0.121. The van der Waals surface area contributed by atoms with E-state index in [0.717, 1.165) is 36.2 Å². The molecule has 0 radical (unpaired) electrons. The van der Waals surface area contributed by atoms with Crippen LogP contribution in [0.1, 0.15) is 69.9 Å². The average Bonchev–Trinajstić information content (AvgIpc) is 2.69. The molecular formula is C22H36N2O3S. The fourth-order valence-electron chi connectivity index (χ4n) is 4.10. The first-order valence-corrected chi connectivity index (χ1v) is 12.6. The summed E-state index contributed by atoms with van der Waals surface area (Å²) >= 11 is 0. The molecule has 0 aromatic heterocycles. The van der Waals surface area contributed by atoms with Gasteiger partial charge in [-0.3, -0.25) is 9.10 Å². The lowest BCUT2D eigenvalue weighted by atomic mass is 9.89. The van der Waals surface area contributed by atoms with Gasteiger partial charge >= 0.3 is 0 Å². The van der Waals surface area contributed by atoms with Crippen LogP contribution in [0, 0.1) is 5.92 Å². The van der Waals surface area contributed by atoms with Crippen molar-refractivity contribution in [1.82, 2.24) is 5.32 Å². The smallest absolute Gasteiger partial charge is 0.232 e. The minimum Gasteiger partial charge on any atom is -0.356 e. The SMILES string of the molecule is CCc1cccc(CC)c1N(CCCC(=O)NCC1CCCCC1)S(C)(=O)=O. The molecule has 1 fully saturated rings. The van der Waals surface area contributed by atoms with Gasteiger partial charge in [0.15, 0.2) is 0 Å². The lowest BCUT2D eigenvalue weighted by Gasteiger charge is -2.27. The first-order valence-electron chi connectivity index (χ1n) is 10.7. The van der Waals surface area contributed by atoms with Gasteiger partial charge in [-0.25, -0.2) is 8.42 Å². The third-order valence-corrected chi connectivity index (χ3v) is 6.86. The Morgan fingerprint density at radius 3 is 2.25 bits per heavy atom. The molecule has 0 spiro atoms. The number of anilines is 1. The first-order chi connectivity index (χ1) is 13.4. The van der Waals surface area contributed by atoms with E-state index in [-0.39, 0.29) is 5.91 Å². The summed E-state index contributed by atoms with van der Waals surface area (Å²) in [6.07, 6.45) is 9.92. The number of carbonyl (C=O) groups excluding carboxylic acids is 1. The van der Waals surface area contributed by atoms with E-state index >= 15 is 0 Å². The van der Waals surface area contributed by atoms with Crippen LogP contribution in [0.15, 0.2) is 18.2 Å². The Bertz CT molecular complexity index is 718. The van der Waals surface area contributed by atoms with Gasteiger partial charge in [0.05, 0.1) is 11.9 Å². The van der Waals surface area contributed by atoms with Gasteiger partial charge < -0.3 is 5.32 Å². The van der Waals surface area contributed by atoms with Gasteiger partial charge in [0.2, 0.25) is 15.9 Å². The number of rotatable bonds is 10. The van der Waals surface area contributed by atoms with Crippen molar-refractivity contribution in [3.05, 3.63) is 29.3 Å². The van der Waals surface area contributed by atoms with Crippen molar-refractivity contribution < 1.29 is 13.2 Å². The Kier molecular flexibility index (Phi) is 8.80. The van der Waals surface area contributed by atoms with Crippen molar-refractivity contribution in [2.24, 2.45) is 5.92 Å². The first kappa shape index (κ1) is 22.7. The molecule has 0 aliphatic heterocycles. The van der Waals surface area contributed by atoms with Crippen LogP contribution < -0.4 is 9.62 Å². The number of aryl methyl sites for hydroxylation is 2. The second-order valence-corrected chi connectivity index (χ2v) is 9.79. The Labute approximate surface area is 170 Å². The number of amides is 1. The predicted octanol–water partition coefficient (Wildman–Crippen LogP) is 4.05. The second-order valence-electron chi connectivity index (χ2n) is 7.88. The summed E-state index contributed by atoms with van der Waals surface area (Å²) in [4.78, 5) is 12.2. The van der Waals surface area contributed by atoms with Gasteiger partial charge in [-0.2, -0.15) is 0 Å². The molecule has 0 atom stereocenters. The van der Waals surface area contributed by atoms with Crippen LogP contribution in [0.2, 0.25) is 0 Å². The number of carbonyl (C=O) groups is 1. The number of hydrogen-bond acceptors (Lipinski definition) is 3. The third kappa shape index (κ3) is 6.50. The van der Waals surface area contributed by atoms with E-state index < -0.39 is 10.0 Å². The van der Waals surface area contributed by atoms with E-state index in [1.54, 1.807) is 0 Å². The summed E-state index contributed by atoms with van der Waals surface area (Å²) in [6.45, 7) is 5.17. The molecule has 1 aromatic carbocycles. The molecule has 158 valence electrons. The highest BCUT2D eigenvalue weighted by atomic mass is 32.2. The van der Waals surface area contributed by atoms with Crippen LogP contribution in [0.4, 0.5) is 5.69 Å². The number of nitrogens with one attached hydrogen (secondary N) is 1. The summed E-state index contributed by atoms with van der Waals surface area (Å²) in [5.41, 5.74) is 2.87. The maximum absolute atomic E-state index is 12.5. The summed E-state index contributed by atoms with van der Waals surface area (Å²) in [5.74, 6) is 0.632. The molecule has 0 heterocycles. The topological polar surface area (TPSA) is 66.5 Å². The largest absolute Gasteiger partial charge is 0.356 e. The van der Waals surface area contributed by atoms with Crippen LogP contribution in [-0.4, -0.2) is 33.7 Å². The molecule has 28 heavy (non-hydrogen) atoms. The van der Waals surface area contributed by atoms with Crippen molar-refractivity contribution in [3.63, 3.8) is 0 Å². The maximum Gasteiger partial charge on any atom is 0.232 e. The predicted molar refractivity (Wildman–Crippen MR) is 116 cm³/mol. The van der Waals surface area contributed by atoms with E-state index in [1.807, 2.05) is 32.0 Å². The van der Waals surface area contributed by atoms with Crippen molar-refractivity contribution >= 4 is 21.6 Å². The summed E-state index contributed by atoms with van der Waals surface area (Å²) in [6, 6.07) is 5.97. The highest BCUT2D eigenvalue weighted by Gasteiger charge is 2.22. The third-order valence-electron chi connectivity index (χ3n) is 5.69. The molecule has 0 bridgehead atoms. The normalized spacial score (nSPS) is 15.4. The standard InChI is InChI=1S/C22H36N2O3S/c1-4-19-13-9-14-20(5-2)22(19)24(28(3,26)27)16-10-15-21(25)23-17-18-11-7-6-8-12-18/h9,13-14,18H,4-8,10-12,15-17H2,1-3H3,(H,23,25). The zero-order valence-electron chi connectivity index (χ0n) is 17.7. The van der Waals surface area contributed by atoms with Crippen molar-refractivity contribution in [3.8, 4) is 0 Å². The zero-order valence-corrected chi connectivity index (χ0v) is 18.5. The molecule has 0 saturated heterocycles. The molecule has 1 saturated carbocycles. The lowest BCUT2D eigenvalue weighted by Crippen LogP contribution is -2.34.